The fraction of sp³-hybridized carbons (Fsp3) is 0.286. The van der Waals surface area contributed by atoms with Crippen molar-refractivity contribution in [2.24, 2.45) is 0 Å². The summed E-state index contributed by atoms with van der Waals surface area (Å²) in [5.74, 6) is 0. The van der Waals surface area contributed by atoms with Gasteiger partial charge in [-0.1, -0.05) is 52.0 Å². The Morgan fingerprint density at radius 1 is 0.528 bits per heavy atom. The zero-order valence-corrected chi connectivity index (χ0v) is 23.0. The summed E-state index contributed by atoms with van der Waals surface area (Å²) in [5, 5.41) is 4.24. The van der Waals surface area contributed by atoms with Crippen LogP contribution in [0.5, 0.6) is 0 Å². The Bertz CT molecular complexity index is 1600. The van der Waals surface area contributed by atoms with Crippen LogP contribution in [0.15, 0.2) is 89.6 Å². The summed E-state index contributed by atoms with van der Waals surface area (Å²) < 4.78 is 30.5. The molecule has 6 aromatic rings. The summed E-state index contributed by atoms with van der Waals surface area (Å²) in [5.41, 5.74) is 3.12. The van der Waals surface area contributed by atoms with E-state index in [1.807, 2.05) is 30.3 Å². The van der Waals surface area contributed by atoms with Crippen LogP contribution >= 0.6 is 16.3 Å². The average Bonchev–Trinajstić information content (AvgIpc) is 2.89. The van der Waals surface area contributed by atoms with Gasteiger partial charge in [0, 0.05) is 31.6 Å². The molecule has 0 saturated carbocycles. The first kappa shape index (κ1) is 24.8. The van der Waals surface area contributed by atoms with Crippen LogP contribution < -0.4 is 9.34 Å². The molecule has 8 heteroatoms. The number of hydrogen-bond acceptors (Lipinski definition) is 6. The van der Waals surface area contributed by atoms with Crippen LogP contribution in [0.1, 0.15) is 27.7 Å². The Kier molecular flexibility index (Phi) is 7.59. The van der Waals surface area contributed by atoms with Crippen molar-refractivity contribution in [3.63, 3.8) is 0 Å². The maximum Gasteiger partial charge on any atom is 0.309 e. The lowest BCUT2D eigenvalue weighted by atomic mass is 10.1. The molecule has 0 amide bonds. The fourth-order valence-electron chi connectivity index (χ4n) is 4.22. The molecule has 0 aliphatic carbocycles. The van der Waals surface area contributed by atoms with Gasteiger partial charge in [-0.3, -0.25) is 0 Å². The largest absolute Gasteiger partial charge is 0.408 e. The third-order valence-corrected chi connectivity index (χ3v) is 9.75. The Morgan fingerprint density at radius 2 is 1.03 bits per heavy atom. The van der Waals surface area contributed by atoms with E-state index < -0.39 is 16.3 Å². The van der Waals surface area contributed by atoms with Crippen molar-refractivity contribution in [3.8, 4) is 0 Å². The zero-order valence-electron chi connectivity index (χ0n) is 21.2. The Hall–Kier alpha value is -2.88. The zero-order chi connectivity index (χ0) is 25.1. The van der Waals surface area contributed by atoms with E-state index in [9.17, 15) is 0 Å². The molecule has 6 rings (SSSR count). The van der Waals surface area contributed by atoms with Crippen molar-refractivity contribution in [2.75, 3.05) is 35.5 Å². The first-order valence-electron chi connectivity index (χ1n) is 12.5. The van der Waals surface area contributed by atoms with Gasteiger partial charge in [0.25, 0.3) is 0 Å². The van der Waals surface area contributed by atoms with Gasteiger partial charge in [0.15, 0.2) is 0 Å². The maximum atomic E-state index is 6.59. The first-order chi connectivity index (χ1) is 17.6. The predicted octanol–water partition coefficient (Wildman–Crippen LogP) is 9.41. The minimum atomic E-state index is -1.36. The molecule has 36 heavy (non-hydrogen) atoms. The summed E-state index contributed by atoms with van der Waals surface area (Å²) in [6, 6.07) is 24.5. The van der Waals surface area contributed by atoms with Crippen LogP contribution in [-0.2, 0) is 0 Å². The first-order valence-corrected chi connectivity index (χ1v) is 14.8. The van der Waals surface area contributed by atoms with Crippen LogP contribution in [0.4, 0.5) is 0 Å². The fourth-order valence-corrected chi connectivity index (χ4v) is 6.89. The molecule has 0 aliphatic rings. The molecule has 188 valence electrons. The molecule has 0 fully saturated rings. The standard InChI is InChI=1S/C28H32N2O4P2/c1-5-29(6-2)35-31-24-14-12-21-13-15-25(20-23(21)19-24)33-36(30(7-3)8-4)34-28-11-9-10-22-18-26(32-35)16-17-27(22)28/h9-20H,5-8H2,1-4H3. The summed E-state index contributed by atoms with van der Waals surface area (Å²) in [4.78, 5) is 0. The highest BCUT2D eigenvalue weighted by Crippen LogP contribution is 2.35. The minimum Gasteiger partial charge on any atom is -0.408 e. The lowest BCUT2D eigenvalue weighted by molar-refractivity contribution is 0.618. The summed E-state index contributed by atoms with van der Waals surface area (Å²) >= 11 is 0. The Balaban J connectivity index is 1.95. The minimum absolute atomic E-state index is 0.773. The van der Waals surface area contributed by atoms with Gasteiger partial charge in [-0.25, -0.2) is 9.34 Å². The van der Waals surface area contributed by atoms with E-state index in [0.29, 0.717) is 0 Å². The van der Waals surface area contributed by atoms with Gasteiger partial charge in [0.05, 0.1) is 0 Å². The van der Waals surface area contributed by atoms with Crippen LogP contribution in [0.3, 0.4) is 0 Å². The van der Waals surface area contributed by atoms with E-state index in [-0.39, 0.29) is 0 Å². The molecule has 2 atom stereocenters. The molecule has 0 spiro atoms. The van der Waals surface area contributed by atoms with E-state index in [1.54, 1.807) is 0 Å². The van der Waals surface area contributed by atoms with Crippen LogP contribution in [0, 0.1) is 0 Å². The van der Waals surface area contributed by atoms with E-state index in [4.69, 9.17) is 16.8 Å². The van der Waals surface area contributed by atoms with Gasteiger partial charge in [-0.2, -0.15) is 0 Å². The van der Waals surface area contributed by atoms with Crippen molar-refractivity contribution < 1.29 is 16.8 Å². The molecule has 0 radical (unpaired) electrons. The average molecular weight is 523 g/mol. The van der Waals surface area contributed by atoms with E-state index in [0.717, 1.165) is 70.1 Å². The second-order valence-corrected chi connectivity index (χ2v) is 11.2. The monoisotopic (exact) mass is 522 g/mol. The van der Waals surface area contributed by atoms with Gasteiger partial charge < -0.3 is 16.8 Å². The normalized spacial score (nSPS) is 12.7. The quantitative estimate of drug-likeness (QED) is 0.221. The summed E-state index contributed by atoms with van der Waals surface area (Å²) in [6.45, 7) is 11.8. The van der Waals surface area contributed by atoms with E-state index >= 15 is 0 Å². The second kappa shape index (κ2) is 11.0. The van der Waals surface area contributed by atoms with Gasteiger partial charge in [0.2, 0.25) is 0 Å². The molecule has 2 unspecified atom stereocenters. The van der Waals surface area contributed by atoms with Crippen molar-refractivity contribution in [3.05, 3.63) is 72.8 Å². The molecular weight excluding hydrogens is 490 g/mol. The van der Waals surface area contributed by atoms with Crippen molar-refractivity contribution in [1.82, 2.24) is 0 Å². The third kappa shape index (κ3) is 5.14. The predicted molar refractivity (Wildman–Crippen MR) is 154 cm³/mol. The van der Waals surface area contributed by atoms with Gasteiger partial charge in [-0.05, 0) is 64.7 Å². The molecule has 4 aromatic carbocycles. The van der Waals surface area contributed by atoms with E-state index in [1.165, 1.54) is 0 Å². The highest BCUT2D eigenvalue weighted by Gasteiger charge is 2.11. The lowest BCUT2D eigenvalue weighted by Crippen LogP contribution is -2.17. The molecule has 0 aliphatic heterocycles. The maximum absolute atomic E-state index is 6.59. The lowest BCUT2D eigenvalue weighted by Gasteiger charge is -2.14. The number of hydrogen-bond donors (Lipinski definition) is 0. The smallest absolute Gasteiger partial charge is 0.309 e. The molecule has 6 nitrogen and oxygen atoms in total. The van der Waals surface area contributed by atoms with Crippen molar-refractivity contribution in [1.29, 1.82) is 0 Å². The molecule has 7 bridgehead atoms. The number of fused-ring (bicyclic) bond motifs is 5. The second-order valence-electron chi connectivity index (χ2n) is 8.43. The number of benzene rings is 4. The Morgan fingerprint density at radius 3 is 1.58 bits per heavy atom. The van der Waals surface area contributed by atoms with Crippen LogP contribution in [-0.4, -0.2) is 26.2 Å². The van der Waals surface area contributed by atoms with Crippen molar-refractivity contribution in [2.45, 2.75) is 27.7 Å². The molecule has 0 N–H and O–H groups in total. The Labute approximate surface area is 212 Å². The molecule has 0 saturated heterocycles. The van der Waals surface area contributed by atoms with Crippen molar-refractivity contribution >= 4 is 60.2 Å². The number of rotatable bonds is 6. The SMILES string of the molecule is CCN(CC)p1oc2ccc3ccc(cc3c2)op(N(CC)CC)oc2cccc3cc(ccc32)o1. The highest BCUT2D eigenvalue weighted by atomic mass is 31.1. The topological polar surface area (TPSA) is 59.0 Å². The molecule has 2 aromatic heterocycles. The van der Waals surface area contributed by atoms with Crippen LogP contribution in [0.25, 0.3) is 43.9 Å². The molecule has 2 heterocycles. The third-order valence-electron chi connectivity index (χ3n) is 6.24. The van der Waals surface area contributed by atoms with Gasteiger partial charge in [0.1, 0.15) is 22.3 Å². The number of nitrogens with zero attached hydrogens (tertiary/aromatic N) is 2. The molecular formula is C28H32N2O4P2. The van der Waals surface area contributed by atoms with Gasteiger partial charge >= 0.3 is 16.3 Å². The van der Waals surface area contributed by atoms with Crippen LogP contribution in [0.2, 0.25) is 0 Å². The van der Waals surface area contributed by atoms with Gasteiger partial charge in [-0.15, -0.1) is 0 Å². The highest BCUT2D eigenvalue weighted by molar-refractivity contribution is 7.39. The summed E-state index contributed by atoms with van der Waals surface area (Å²) in [6.07, 6.45) is 0. The van der Waals surface area contributed by atoms with E-state index in [2.05, 4.69) is 79.5 Å². The summed E-state index contributed by atoms with van der Waals surface area (Å²) in [7, 11) is -2.71.